The first kappa shape index (κ1) is 6.78. The van der Waals surface area contributed by atoms with Gasteiger partial charge in [0.05, 0.1) is 0 Å². The fraction of sp³-hybridized carbons (Fsp3) is 0.429. The summed E-state index contributed by atoms with van der Waals surface area (Å²) in [6.45, 7) is 1.04. The van der Waals surface area contributed by atoms with Gasteiger partial charge in [-0.3, -0.25) is 0 Å². The monoisotopic (exact) mass is 140 g/mol. The summed E-state index contributed by atoms with van der Waals surface area (Å²) in [5, 5.41) is 1.98. The van der Waals surface area contributed by atoms with Crippen LogP contribution in [0.4, 0.5) is 0 Å². The highest BCUT2D eigenvalue weighted by Gasteiger charge is 1.92. The lowest BCUT2D eigenvalue weighted by Crippen LogP contribution is -2.08. The fourth-order valence-corrected chi connectivity index (χ4v) is 1.42. The molecule has 1 aromatic rings. The lowest BCUT2D eigenvalue weighted by molar-refractivity contribution is 0.406. The Balaban J connectivity index is 2.48. The van der Waals surface area contributed by atoms with E-state index in [0.29, 0.717) is 0 Å². The lowest BCUT2D eigenvalue weighted by atomic mass is 10.4. The molecule has 0 aliphatic rings. The zero-order valence-corrected chi connectivity index (χ0v) is 6.53. The molecule has 0 spiro atoms. The summed E-state index contributed by atoms with van der Waals surface area (Å²) in [7, 11) is 4.14. The third-order valence-corrected chi connectivity index (χ3v) is 1.80. The highest BCUT2D eigenvalue weighted by molar-refractivity contribution is 7.09. The van der Waals surface area contributed by atoms with Crippen LogP contribution in [0.2, 0.25) is 0 Å². The van der Waals surface area contributed by atoms with Gasteiger partial charge in [-0.05, 0) is 31.6 Å². The third-order valence-electron chi connectivity index (χ3n) is 0.995. The molecule has 9 heavy (non-hydrogen) atoms. The third kappa shape index (κ3) is 2.16. The molecule has 0 fully saturated rings. The summed E-state index contributed by atoms with van der Waals surface area (Å²) in [5.41, 5.74) is 0. The number of nitrogens with zero attached hydrogens (tertiary/aromatic N) is 1. The van der Waals surface area contributed by atoms with Gasteiger partial charge in [-0.1, -0.05) is 0 Å². The highest BCUT2D eigenvalue weighted by Crippen LogP contribution is 2.08. The van der Waals surface area contributed by atoms with Crippen LogP contribution in [0.1, 0.15) is 4.88 Å². The summed E-state index contributed by atoms with van der Waals surface area (Å²) in [6.07, 6.45) is 0. The molecule has 0 atom stereocenters. The van der Waals surface area contributed by atoms with Gasteiger partial charge in [-0.15, -0.1) is 11.3 Å². The molecular formula is C7H10NS. The lowest BCUT2D eigenvalue weighted by Gasteiger charge is -2.05. The summed E-state index contributed by atoms with van der Waals surface area (Å²) in [5.74, 6) is 0. The van der Waals surface area contributed by atoms with Crippen LogP contribution in [0.3, 0.4) is 0 Å². The van der Waals surface area contributed by atoms with Crippen LogP contribution in [0.15, 0.2) is 11.4 Å². The summed E-state index contributed by atoms with van der Waals surface area (Å²) < 4.78 is 0. The second-order valence-corrected chi connectivity index (χ2v) is 3.25. The van der Waals surface area contributed by atoms with Crippen molar-refractivity contribution in [1.82, 2.24) is 4.90 Å². The molecule has 0 N–H and O–H groups in total. The smallest absolute Gasteiger partial charge is 0.0322 e. The average molecular weight is 140 g/mol. The highest BCUT2D eigenvalue weighted by atomic mass is 32.1. The molecule has 1 heterocycles. The zero-order chi connectivity index (χ0) is 6.69. The fourth-order valence-electron chi connectivity index (χ4n) is 0.665. The Morgan fingerprint density at radius 1 is 1.67 bits per heavy atom. The van der Waals surface area contributed by atoms with Crippen molar-refractivity contribution in [2.24, 2.45) is 0 Å². The minimum Gasteiger partial charge on any atom is -0.304 e. The van der Waals surface area contributed by atoms with Crippen LogP contribution >= 0.6 is 11.3 Å². The minimum absolute atomic E-state index is 1.04. The van der Waals surface area contributed by atoms with Crippen molar-refractivity contribution >= 4 is 11.3 Å². The molecule has 1 aromatic heterocycles. The number of rotatable bonds is 2. The first-order valence-corrected chi connectivity index (χ1v) is 3.75. The number of hydrogen-bond donors (Lipinski definition) is 0. The van der Waals surface area contributed by atoms with Crippen molar-refractivity contribution in [2.45, 2.75) is 6.54 Å². The van der Waals surface area contributed by atoms with Gasteiger partial charge in [-0.25, -0.2) is 0 Å². The number of thiophene rings is 1. The molecule has 0 saturated heterocycles. The Morgan fingerprint density at radius 3 is 2.89 bits per heavy atom. The van der Waals surface area contributed by atoms with Gasteiger partial charge in [0.2, 0.25) is 0 Å². The van der Waals surface area contributed by atoms with E-state index in [1.807, 2.05) is 11.4 Å². The van der Waals surface area contributed by atoms with E-state index in [1.165, 1.54) is 4.88 Å². The van der Waals surface area contributed by atoms with Crippen molar-refractivity contribution in [3.8, 4) is 0 Å². The van der Waals surface area contributed by atoms with Crippen LogP contribution in [-0.2, 0) is 6.54 Å². The Kier molecular flexibility index (Phi) is 2.25. The van der Waals surface area contributed by atoms with Crippen LogP contribution in [-0.4, -0.2) is 19.0 Å². The van der Waals surface area contributed by atoms with E-state index in [1.54, 1.807) is 11.3 Å². The van der Waals surface area contributed by atoms with Crippen molar-refractivity contribution in [1.29, 1.82) is 0 Å². The van der Waals surface area contributed by atoms with Crippen molar-refractivity contribution < 1.29 is 0 Å². The summed E-state index contributed by atoms with van der Waals surface area (Å²) in [4.78, 5) is 3.53. The molecule has 2 heteroatoms. The summed E-state index contributed by atoms with van der Waals surface area (Å²) >= 11 is 1.75. The molecule has 0 bridgehead atoms. The normalized spacial score (nSPS) is 10.6. The maximum Gasteiger partial charge on any atom is 0.0322 e. The predicted molar refractivity (Wildman–Crippen MR) is 40.5 cm³/mol. The molecule has 0 aromatic carbocycles. The maximum absolute atomic E-state index is 3.03. The molecule has 0 unspecified atom stereocenters. The molecule has 1 rings (SSSR count). The Hall–Kier alpha value is -0.340. The van der Waals surface area contributed by atoms with Crippen LogP contribution in [0.25, 0.3) is 0 Å². The molecule has 0 aliphatic heterocycles. The van der Waals surface area contributed by atoms with E-state index in [2.05, 4.69) is 25.1 Å². The average Bonchev–Trinajstić information content (AvgIpc) is 2.15. The van der Waals surface area contributed by atoms with Crippen molar-refractivity contribution in [3.63, 3.8) is 0 Å². The topological polar surface area (TPSA) is 3.24 Å². The molecule has 0 saturated carbocycles. The largest absolute Gasteiger partial charge is 0.304 e. The van der Waals surface area contributed by atoms with Gasteiger partial charge >= 0.3 is 0 Å². The standard InChI is InChI=1S/C7H10NS/c1-8(2)6-7-4-3-5-9-7/h4-5H,6H2,1-2H3. The zero-order valence-electron chi connectivity index (χ0n) is 5.72. The van der Waals surface area contributed by atoms with Crippen LogP contribution < -0.4 is 0 Å². The molecule has 1 nitrogen and oxygen atoms in total. The second kappa shape index (κ2) is 2.99. The van der Waals surface area contributed by atoms with Gasteiger partial charge in [0.1, 0.15) is 0 Å². The molecule has 0 aliphatic carbocycles. The van der Waals surface area contributed by atoms with Gasteiger partial charge < -0.3 is 4.90 Å². The van der Waals surface area contributed by atoms with E-state index in [0.717, 1.165) is 6.54 Å². The second-order valence-electron chi connectivity index (χ2n) is 2.25. The van der Waals surface area contributed by atoms with Crippen molar-refractivity contribution in [2.75, 3.05) is 14.1 Å². The first-order valence-electron chi connectivity index (χ1n) is 2.87. The van der Waals surface area contributed by atoms with E-state index >= 15 is 0 Å². The van der Waals surface area contributed by atoms with Gasteiger partial charge in [0.15, 0.2) is 0 Å². The maximum atomic E-state index is 3.03. The molecule has 1 radical (unpaired) electrons. The van der Waals surface area contributed by atoms with Crippen LogP contribution in [0, 0.1) is 6.07 Å². The predicted octanol–water partition coefficient (Wildman–Crippen LogP) is 1.61. The minimum atomic E-state index is 1.04. The van der Waals surface area contributed by atoms with Crippen LogP contribution in [0.5, 0.6) is 0 Å². The van der Waals surface area contributed by atoms with Gasteiger partial charge in [0, 0.05) is 11.4 Å². The van der Waals surface area contributed by atoms with Gasteiger partial charge in [-0.2, -0.15) is 0 Å². The quantitative estimate of drug-likeness (QED) is 0.603. The molecular weight excluding hydrogens is 130 g/mol. The number of hydrogen-bond acceptors (Lipinski definition) is 2. The van der Waals surface area contributed by atoms with E-state index in [9.17, 15) is 0 Å². The van der Waals surface area contributed by atoms with Gasteiger partial charge in [0.25, 0.3) is 0 Å². The Morgan fingerprint density at radius 2 is 2.44 bits per heavy atom. The van der Waals surface area contributed by atoms with E-state index in [-0.39, 0.29) is 0 Å². The summed E-state index contributed by atoms with van der Waals surface area (Å²) in [6, 6.07) is 5.06. The Bertz CT molecular complexity index is 155. The molecule has 49 valence electrons. The first-order chi connectivity index (χ1) is 4.29. The Labute approximate surface area is 59.9 Å². The molecule has 0 amide bonds. The van der Waals surface area contributed by atoms with E-state index in [4.69, 9.17) is 0 Å². The van der Waals surface area contributed by atoms with Crippen molar-refractivity contribution in [3.05, 3.63) is 22.4 Å². The SMILES string of the molecule is CN(C)Cc1c[c]cs1. The van der Waals surface area contributed by atoms with E-state index < -0.39 is 0 Å².